The molecule has 102 valence electrons. The minimum Gasteiger partial charge on any atom is -0.369 e. The second-order valence-electron chi connectivity index (χ2n) is 4.84. The lowest BCUT2D eigenvalue weighted by atomic mass is 10.0. The fourth-order valence-corrected chi connectivity index (χ4v) is 3.11. The lowest BCUT2D eigenvalue weighted by Crippen LogP contribution is -2.02. The van der Waals surface area contributed by atoms with Crippen molar-refractivity contribution in [2.75, 3.05) is 11.9 Å². The standard InChI is InChI=1S/C16H17N3S/c1-3-8-17-15-14-13(9-20-16(14)19-10-18-15)12-6-4-11(2)5-7-12/h4-7,9-10H,3,8H2,1-2H3,(H,17,18,19). The highest BCUT2D eigenvalue weighted by atomic mass is 32.1. The molecule has 0 radical (unpaired) electrons. The molecule has 0 saturated carbocycles. The minimum atomic E-state index is 0.926. The normalized spacial score (nSPS) is 10.9. The summed E-state index contributed by atoms with van der Waals surface area (Å²) < 4.78 is 0. The zero-order chi connectivity index (χ0) is 13.9. The van der Waals surface area contributed by atoms with Gasteiger partial charge >= 0.3 is 0 Å². The van der Waals surface area contributed by atoms with Crippen LogP contribution in [-0.2, 0) is 0 Å². The van der Waals surface area contributed by atoms with Crippen LogP contribution in [0.5, 0.6) is 0 Å². The van der Waals surface area contributed by atoms with Gasteiger partial charge in [-0.1, -0.05) is 36.8 Å². The van der Waals surface area contributed by atoms with Gasteiger partial charge in [-0.05, 0) is 18.9 Å². The van der Waals surface area contributed by atoms with E-state index in [1.54, 1.807) is 17.7 Å². The van der Waals surface area contributed by atoms with E-state index in [0.717, 1.165) is 29.0 Å². The van der Waals surface area contributed by atoms with E-state index in [2.05, 4.69) is 58.8 Å². The summed E-state index contributed by atoms with van der Waals surface area (Å²) in [7, 11) is 0. The highest BCUT2D eigenvalue weighted by Gasteiger charge is 2.12. The van der Waals surface area contributed by atoms with Crippen LogP contribution in [0.3, 0.4) is 0 Å². The number of hydrogen-bond donors (Lipinski definition) is 1. The molecule has 0 atom stereocenters. The quantitative estimate of drug-likeness (QED) is 0.766. The number of nitrogens with one attached hydrogen (secondary N) is 1. The summed E-state index contributed by atoms with van der Waals surface area (Å²) in [6.07, 6.45) is 2.71. The van der Waals surface area contributed by atoms with Crippen molar-refractivity contribution in [3.63, 3.8) is 0 Å². The zero-order valence-electron chi connectivity index (χ0n) is 11.7. The number of aromatic nitrogens is 2. The van der Waals surface area contributed by atoms with Crippen molar-refractivity contribution in [1.29, 1.82) is 0 Å². The van der Waals surface area contributed by atoms with Gasteiger partial charge in [0.25, 0.3) is 0 Å². The number of nitrogens with zero attached hydrogens (tertiary/aromatic N) is 2. The molecular weight excluding hydrogens is 266 g/mol. The first-order chi connectivity index (χ1) is 9.79. The third kappa shape index (κ3) is 2.39. The van der Waals surface area contributed by atoms with Crippen molar-refractivity contribution < 1.29 is 0 Å². The van der Waals surface area contributed by atoms with Crippen LogP contribution >= 0.6 is 11.3 Å². The summed E-state index contributed by atoms with van der Waals surface area (Å²) in [6, 6.07) is 8.60. The van der Waals surface area contributed by atoms with Crippen LogP contribution < -0.4 is 5.32 Å². The Labute approximate surface area is 122 Å². The molecule has 20 heavy (non-hydrogen) atoms. The number of rotatable bonds is 4. The summed E-state index contributed by atoms with van der Waals surface area (Å²) in [6.45, 7) is 5.18. The van der Waals surface area contributed by atoms with Crippen LogP contribution in [0, 0.1) is 6.92 Å². The van der Waals surface area contributed by atoms with Crippen LogP contribution in [0.4, 0.5) is 5.82 Å². The number of aryl methyl sites for hydroxylation is 1. The number of anilines is 1. The monoisotopic (exact) mass is 283 g/mol. The smallest absolute Gasteiger partial charge is 0.138 e. The third-order valence-electron chi connectivity index (χ3n) is 3.28. The number of hydrogen-bond acceptors (Lipinski definition) is 4. The first kappa shape index (κ1) is 13.1. The van der Waals surface area contributed by atoms with Crippen LogP contribution in [0.25, 0.3) is 21.3 Å². The zero-order valence-corrected chi connectivity index (χ0v) is 12.5. The Balaban J connectivity index is 2.13. The lowest BCUT2D eigenvalue weighted by molar-refractivity contribution is 0.970. The summed E-state index contributed by atoms with van der Waals surface area (Å²) in [5.74, 6) is 0.939. The van der Waals surface area contributed by atoms with Gasteiger partial charge in [0, 0.05) is 17.5 Å². The molecule has 1 N–H and O–H groups in total. The van der Waals surface area contributed by atoms with Crippen LogP contribution in [0.15, 0.2) is 36.0 Å². The minimum absolute atomic E-state index is 0.926. The molecule has 0 bridgehead atoms. The van der Waals surface area contributed by atoms with E-state index >= 15 is 0 Å². The van der Waals surface area contributed by atoms with E-state index in [4.69, 9.17) is 0 Å². The summed E-state index contributed by atoms with van der Waals surface area (Å²) >= 11 is 1.67. The van der Waals surface area contributed by atoms with Crippen molar-refractivity contribution in [2.45, 2.75) is 20.3 Å². The SMILES string of the molecule is CCCNc1ncnc2scc(-c3ccc(C)cc3)c12. The average Bonchev–Trinajstić information content (AvgIpc) is 2.90. The molecule has 0 saturated heterocycles. The molecule has 0 aliphatic carbocycles. The average molecular weight is 283 g/mol. The van der Waals surface area contributed by atoms with E-state index in [0.29, 0.717) is 0 Å². The molecule has 2 heterocycles. The summed E-state index contributed by atoms with van der Waals surface area (Å²) in [4.78, 5) is 9.82. The van der Waals surface area contributed by atoms with Crippen LogP contribution in [0.1, 0.15) is 18.9 Å². The van der Waals surface area contributed by atoms with Crippen molar-refractivity contribution in [3.05, 3.63) is 41.5 Å². The van der Waals surface area contributed by atoms with Crippen LogP contribution in [0.2, 0.25) is 0 Å². The van der Waals surface area contributed by atoms with Gasteiger partial charge in [-0.15, -0.1) is 11.3 Å². The second kappa shape index (κ2) is 5.59. The molecule has 0 unspecified atom stereocenters. The first-order valence-electron chi connectivity index (χ1n) is 6.82. The van der Waals surface area contributed by atoms with Crippen molar-refractivity contribution in [2.24, 2.45) is 0 Å². The first-order valence-corrected chi connectivity index (χ1v) is 7.70. The molecule has 4 heteroatoms. The topological polar surface area (TPSA) is 37.8 Å². The molecule has 0 aliphatic rings. The number of benzene rings is 1. The van der Waals surface area contributed by atoms with Gasteiger partial charge in [0.05, 0.1) is 5.39 Å². The van der Waals surface area contributed by atoms with E-state index in [1.807, 2.05) is 0 Å². The molecule has 2 aromatic heterocycles. The van der Waals surface area contributed by atoms with Gasteiger partial charge in [-0.25, -0.2) is 9.97 Å². The molecule has 1 aromatic carbocycles. The Bertz CT molecular complexity index is 716. The van der Waals surface area contributed by atoms with Gasteiger partial charge in [-0.2, -0.15) is 0 Å². The molecule has 0 spiro atoms. The summed E-state index contributed by atoms with van der Waals surface area (Å²) in [5.41, 5.74) is 3.70. The molecule has 0 aliphatic heterocycles. The number of fused-ring (bicyclic) bond motifs is 1. The second-order valence-corrected chi connectivity index (χ2v) is 5.70. The van der Waals surface area contributed by atoms with Gasteiger partial charge in [0.2, 0.25) is 0 Å². The predicted octanol–water partition coefficient (Wildman–Crippen LogP) is 4.49. The largest absolute Gasteiger partial charge is 0.369 e. The predicted molar refractivity (Wildman–Crippen MR) is 86.4 cm³/mol. The Morgan fingerprint density at radius 3 is 2.70 bits per heavy atom. The Morgan fingerprint density at radius 1 is 1.15 bits per heavy atom. The maximum atomic E-state index is 4.40. The van der Waals surface area contributed by atoms with Gasteiger partial charge in [0.15, 0.2) is 0 Å². The van der Waals surface area contributed by atoms with E-state index in [1.165, 1.54) is 16.7 Å². The third-order valence-corrected chi connectivity index (χ3v) is 4.16. The van der Waals surface area contributed by atoms with Crippen molar-refractivity contribution >= 4 is 27.4 Å². The highest BCUT2D eigenvalue weighted by molar-refractivity contribution is 7.17. The Kier molecular flexibility index (Phi) is 3.65. The van der Waals surface area contributed by atoms with E-state index < -0.39 is 0 Å². The molecule has 0 fully saturated rings. The Morgan fingerprint density at radius 2 is 1.95 bits per heavy atom. The summed E-state index contributed by atoms with van der Waals surface area (Å²) in [5, 5.41) is 6.70. The lowest BCUT2D eigenvalue weighted by Gasteiger charge is -2.07. The van der Waals surface area contributed by atoms with E-state index in [-0.39, 0.29) is 0 Å². The number of thiophene rings is 1. The fourth-order valence-electron chi connectivity index (χ4n) is 2.20. The van der Waals surface area contributed by atoms with Gasteiger partial charge in [0.1, 0.15) is 17.0 Å². The molecule has 3 aromatic rings. The Hall–Kier alpha value is -1.94. The highest BCUT2D eigenvalue weighted by Crippen LogP contribution is 2.36. The van der Waals surface area contributed by atoms with E-state index in [9.17, 15) is 0 Å². The van der Waals surface area contributed by atoms with Crippen molar-refractivity contribution in [1.82, 2.24) is 9.97 Å². The maximum absolute atomic E-state index is 4.40. The molecule has 3 rings (SSSR count). The van der Waals surface area contributed by atoms with Gasteiger partial charge < -0.3 is 5.32 Å². The molecular formula is C16H17N3S. The fraction of sp³-hybridized carbons (Fsp3) is 0.250. The van der Waals surface area contributed by atoms with Gasteiger partial charge in [-0.3, -0.25) is 0 Å². The van der Waals surface area contributed by atoms with Crippen LogP contribution in [-0.4, -0.2) is 16.5 Å². The maximum Gasteiger partial charge on any atom is 0.138 e. The molecule has 0 amide bonds. The van der Waals surface area contributed by atoms with Crippen molar-refractivity contribution in [3.8, 4) is 11.1 Å². The molecule has 3 nitrogen and oxygen atoms in total.